The number of para-hydroxylation sites is 1. The van der Waals surface area contributed by atoms with Gasteiger partial charge < -0.3 is 15.0 Å². The molecule has 0 amide bonds. The molecule has 18 heavy (non-hydrogen) atoms. The molecule has 3 rings (SSSR count). The first-order valence-corrected chi connectivity index (χ1v) is 7.31. The van der Waals surface area contributed by atoms with Crippen LogP contribution in [0.1, 0.15) is 31.9 Å². The molecule has 0 saturated carbocycles. The van der Waals surface area contributed by atoms with E-state index in [1.54, 1.807) is 0 Å². The fourth-order valence-corrected chi connectivity index (χ4v) is 3.80. The predicted octanol–water partition coefficient (Wildman–Crippen LogP) is 3.20. The lowest BCUT2D eigenvalue weighted by Crippen LogP contribution is -2.64. The molecule has 0 spiro atoms. The summed E-state index contributed by atoms with van der Waals surface area (Å²) in [6.45, 7) is 5.05. The fraction of sp³-hybridized carbons (Fsp3) is 0.462. The van der Waals surface area contributed by atoms with Crippen LogP contribution in [0.2, 0.25) is 0 Å². The van der Waals surface area contributed by atoms with Crippen LogP contribution in [0.3, 0.4) is 0 Å². The Kier molecular flexibility index (Phi) is 2.79. The van der Waals surface area contributed by atoms with Crippen molar-refractivity contribution in [3.8, 4) is 5.75 Å². The lowest BCUT2D eigenvalue weighted by molar-refractivity contribution is -0.0664. The standard InChI is InChI=1S/C13H15BrN2OS/c1-3-16-12(18)15-10-7-13(16,2)17-11-8(10)5-4-6-9(11)14/h4-6,10H,3,7H2,1-2H3,(H,15,18). The van der Waals surface area contributed by atoms with E-state index >= 15 is 0 Å². The van der Waals surface area contributed by atoms with E-state index in [0.717, 1.165) is 28.3 Å². The van der Waals surface area contributed by atoms with Crippen molar-refractivity contribution < 1.29 is 4.74 Å². The van der Waals surface area contributed by atoms with Crippen molar-refractivity contribution in [2.75, 3.05) is 6.54 Å². The molecule has 2 atom stereocenters. The first-order valence-electron chi connectivity index (χ1n) is 6.11. The van der Waals surface area contributed by atoms with Crippen molar-refractivity contribution in [1.29, 1.82) is 0 Å². The van der Waals surface area contributed by atoms with Crippen LogP contribution in [-0.2, 0) is 0 Å². The van der Waals surface area contributed by atoms with Gasteiger partial charge >= 0.3 is 0 Å². The maximum atomic E-state index is 6.25. The monoisotopic (exact) mass is 326 g/mol. The minimum Gasteiger partial charge on any atom is -0.467 e. The van der Waals surface area contributed by atoms with Gasteiger partial charge in [0, 0.05) is 18.5 Å². The molecule has 1 fully saturated rings. The molecule has 0 radical (unpaired) electrons. The summed E-state index contributed by atoms with van der Waals surface area (Å²) in [5.74, 6) is 0.935. The second-order valence-corrected chi connectivity index (χ2v) is 6.13. The zero-order chi connectivity index (χ0) is 12.9. The van der Waals surface area contributed by atoms with E-state index < -0.39 is 0 Å². The summed E-state index contributed by atoms with van der Waals surface area (Å²) >= 11 is 9.00. The quantitative estimate of drug-likeness (QED) is 0.801. The van der Waals surface area contributed by atoms with Gasteiger partial charge in [0.25, 0.3) is 0 Å². The Hall–Kier alpha value is -0.810. The highest BCUT2D eigenvalue weighted by atomic mass is 79.9. The van der Waals surface area contributed by atoms with Crippen LogP contribution < -0.4 is 10.1 Å². The number of fused-ring (bicyclic) bond motifs is 4. The highest BCUT2D eigenvalue weighted by Gasteiger charge is 2.47. The Morgan fingerprint density at radius 1 is 1.61 bits per heavy atom. The predicted molar refractivity (Wildman–Crippen MR) is 78.6 cm³/mol. The number of nitrogens with one attached hydrogen (secondary N) is 1. The third kappa shape index (κ3) is 1.64. The zero-order valence-corrected chi connectivity index (χ0v) is 12.8. The molecule has 1 aromatic rings. The van der Waals surface area contributed by atoms with Crippen molar-refractivity contribution in [3.05, 3.63) is 28.2 Å². The molecule has 96 valence electrons. The molecule has 0 aromatic heterocycles. The number of nitrogens with zero attached hydrogens (tertiary/aromatic N) is 1. The van der Waals surface area contributed by atoms with Gasteiger partial charge in [0.05, 0.1) is 10.5 Å². The van der Waals surface area contributed by atoms with Crippen LogP contribution in [0.15, 0.2) is 22.7 Å². The highest BCUT2D eigenvalue weighted by molar-refractivity contribution is 9.10. The van der Waals surface area contributed by atoms with E-state index in [1.807, 2.05) is 12.1 Å². The number of hydrogen-bond acceptors (Lipinski definition) is 2. The van der Waals surface area contributed by atoms with E-state index in [9.17, 15) is 0 Å². The second kappa shape index (κ2) is 4.10. The van der Waals surface area contributed by atoms with E-state index in [2.05, 4.69) is 46.1 Å². The van der Waals surface area contributed by atoms with Gasteiger partial charge in [0.1, 0.15) is 5.75 Å². The summed E-state index contributed by atoms with van der Waals surface area (Å²) in [5, 5.41) is 4.19. The van der Waals surface area contributed by atoms with Crippen LogP contribution in [0.4, 0.5) is 0 Å². The number of hydrogen-bond donors (Lipinski definition) is 1. The Balaban J connectivity index is 2.12. The maximum Gasteiger partial charge on any atom is 0.184 e. The van der Waals surface area contributed by atoms with Crippen molar-refractivity contribution in [3.63, 3.8) is 0 Å². The molecular weight excluding hydrogens is 312 g/mol. The van der Waals surface area contributed by atoms with Crippen LogP contribution in [-0.4, -0.2) is 22.3 Å². The van der Waals surface area contributed by atoms with Gasteiger partial charge in [-0.05, 0) is 48.1 Å². The average molecular weight is 327 g/mol. The topological polar surface area (TPSA) is 24.5 Å². The smallest absolute Gasteiger partial charge is 0.184 e. The normalized spacial score (nSPS) is 29.4. The molecule has 1 saturated heterocycles. The largest absolute Gasteiger partial charge is 0.467 e. The maximum absolute atomic E-state index is 6.25. The van der Waals surface area contributed by atoms with Gasteiger partial charge in [-0.2, -0.15) is 0 Å². The van der Waals surface area contributed by atoms with Crippen molar-refractivity contribution in [1.82, 2.24) is 10.2 Å². The molecule has 0 aliphatic carbocycles. The average Bonchev–Trinajstić information content (AvgIpc) is 2.30. The van der Waals surface area contributed by atoms with E-state index in [0.29, 0.717) is 0 Å². The van der Waals surface area contributed by atoms with Crippen LogP contribution in [0.25, 0.3) is 0 Å². The third-order valence-electron chi connectivity index (χ3n) is 3.71. The molecule has 1 N–H and O–H groups in total. The van der Waals surface area contributed by atoms with Crippen molar-refractivity contribution in [2.24, 2.45) is 0 Å². The summed E-state index contributed by atoms with van der Waals surface area (Å²) in [5.41, 5.74) is 0.832. The van der Waals surface area contributed by atoms with Crippen LogP contribution in [0.5, 0.6) is 5.75 Å². The molecule has 1 aromatic carbocycles. The molecule has 2 aliphatic heterocycles. The minimum atomic E-state index is -0.349. The summed E-state index contributed by atoms with van der Waals surface area (Å²) in [6, 6.07) is 6.39. The summed E-state index contributed by atoms with van der Waals surface area (Å²) in [6.07, 6.45) is 0.907. The van der Waals surface area contributed by atoms with Gasteiger partial charge in [0.15, 0.2) is 10.8 Å². The lowest BCUT2D eigenvalue weighted by atomic mass is 9.91. The first-order chi connectivity index (χ1) is 8.55. The van der Waals surface area contributed by atoms with Gasteiger partial charge in [-0.1, -0.05) is 12.1 Å². The highest BCUT2D eigenvalue weighted by Crippen LogP contribution is 2.46. The van der Waals surface area contributed by atoms with Gasteiger partial charge in [-0.15, -0.1) is 0 Å². The summed E-state index contributed by atoms with van der Waals surface area (Å²) in [4.78, 5) is 2.11. The van der Waals surface area contributed by atoms with E-state index in [1.165, 1.54) is 5.56 Å². The van der Waals surface area contributed by atoms with Crippen LogP contribution in [0, 0.1) is 0 Å². The number of halogens is 1. The van der Waals surface area contributed by atoms with Crippen molar-refractivity contribution >= 4 is 33.3 Å². The zero-order valence-electron chi connectivity index (χ0n) is 10.4. The number of benzene rings is 1. The van der Waals surface area contributed by atoms with E-state index in [-0.39, 0.29) is 11.8 Å². The molecule has 2 unspecified atom stereocenters. The van der Waals surface area contributed by atoms with Gasteiger partial charge in [0.2, 0.25) is 0 Å². The molecule has 2 heterocycles. The molecule has 2 aliphatic rings. The Morgan fingerprint density at radius 3 is 3.11 bits per heavy atom. The Bertz CT molecular complexity index is 522. The lowest BCUT2D eigenvalue weighted by Gasteiger charge is -2.52. The number of ether oxygens (including phenoxy) is 1. The van der Waals surface area contributed by atoms with Gasteiger partial charge in [-0.25, -0.2) is 0 Å². The molecule has 2 bridgehead atoms. The Labute approximate surface area is 121 Å². The molecule has 5 heteroatoms. The number of rotatable bonds is 1. The van der Waals surface area contributed by atoms with Crippen molar-refractivity contribution in [2.45, 2.75) is 32.0 Å². The van der Waals surface area contributed by atoms with E-state index in [4.69, 9.17) is 17.0 Å². The first kappa shape index (κ1) is 12.2. The minimum absolute atomic E-state index is 0.242. The van der Waals surface area contributed by atoms with Gasteiger partial charge in [-0.3, -0.25) is 0 Å². The molecule has 3 nitrogen and oxygen atoms in total. The fourth-order valence-electron chi connectivity index (χ4n) is 2.87. The summed E-state index contributed by atoms with van der Waals surface area (Å²) < 4.78 is 7.25. The summed E-state index contributed by atoms with van der Waals surface area (Å²) in [7, 11) is 0. The Morgan fingerprint density at radius 2 is 2.39 bits per heavy atom. The third-order valence-corrected chi connectivity index (χ3v) is 4.67. The number of thiocarbonyl (C=S) groups is 1. The molecular formula is C13H15BrN2OS. The SMILES string of the molecule is CCN1C(=S)NC2CC1(C)Oc1c(Br)cccc12. The second-order valence-electron chi connectivity index (χ2n) is 4.89. The van der Waals surface area contributed by atoms with Crippen LogP contribution >= 0.6 is 28.1 Å².